The maximum atomic E-state index is 11.9. The molecule has 0 bridgehead atoms. The maximum absolute atomic E-state index is 11.9. The number of aromatic hydroxyl groups is 2. The number of phenols is 2. The molecule has 5 heteroatoms. The molecule has 0 spiro atoms. The number of hydrogen-bond donors (Lipinski definition) is 4. The highest BCUT2D eigenvalue weighted by Gasteiger charge is 2.23. The zero-order valence-electron chi connectivity index (χ0n) is 10.8. The number of benzene rings is 1. The minimum Gasteiger partial charge on any atom is -0.504 e. The molecule has 104 valence electrons. The van der Waals surface area contributed by atoms with E-state index < -0.39 is 0 Å². The van der Waals surface area contributed by atoms with Gasteiger partial charge in [0.05, 0.1) is 5.56 Å². The number of rotatable bonds is 3. The van der Waals surface area contributed by atoms with E-state index >= 15 is 0 Å². The molecule has 19 heavy (non-hydrogen) atoms. The predicted molar refractivity (Wildman–Crippen MR) is 72.0 cm³/mol. The van der Waals surface area contributed by atoms with Crippen molar-refractivity contribution in [1.29, 1.82) is 0 Å². The number of phenolic OH excluding ortho intramolecular Hbond substituents is 2. The third-order valence-electron chi connectivity index (χ3n) is 3.75. The third kappa shape index (κ3) is 3.17. The lowest BCUT2D eigenvalue weighted by Crippen LogP contribution is -2.41. The summed E-state index contributed by atoms with van der Waals surface area (Å²) < 4.78 is 0. The van der Waals surface area contributed by atoms with Gasteiger partial charge in [-0.05, 0) is 30.9 Å². The number of hydrogen-bond acceptors (Lipinski definition) is 4. The molecule has 5 N–H and O–H groups in total. The Kier molecular flexibility index (Phi) is 4.27. The molecule has 2 rings (SSSR count). The first-order chi connectivity index (χ1) is 9.09. The van der Waals surface area contributed by atoms with Crippen molar-refractivity contribution in [2.24, 2.45) is 11.7 Å². The van der Waals surface area contributed by atoms with Gasteiger partial charge in [-0.1, -0.05) is 18.9 Å². The summed E-state index contributed by atoms with van der Waals surface area (Å²) in [7, 11) is 0. The second kappa shape index (κ2) is 5.93. The van der Waals surface area contributed by atoms with Gasteiger partial charge in [-0.15, -0.1) is 0 Å². The van der Waals surface area contributed by atoms with Crippen LogP contribution in [0.4, 0.5) is 0 Å². The van der Waals surface area contributed by atoms with Crippen molar-refractivity contribution >= 4 is 5.91 Å². The molecule has 2 unspecified atom stereocenters. The molecular weight excluding hydrogens is 244 g/mol. The molecule has 2 atom stereocenters. The molecule has 0 saturated heterocycles. The summed E-state index contributed by atoms with van der Waals surface area (Å²) in [5.41, 5.74) is 6.10. The minimum absolute atomic E-state index is 0.0874. The molecule has 1 amide bonds. The van der Waals surface area contributed by atoms with Gasteiger partial charge >= 0.3 is 0 Å². The van der Waals surface area contributed by atoms with E-state index in [-0.39, 0.29) is 34.9 Å². The molecule has 0 aliphatic heterocycles. The van der Waals surface area contributed by atoms with E-state index in [4.69, 9.17) is 5.73 Å². The molecule has 5 nitrogen and oxygen atoms in total. The van der Waals surface area contributed by atoms with E-state index in [0.717, 1.165) is 25.7 Å². The highest BCUT2D eigenvalue weighted by molar-refractivity contribution is 5.97. The lowest BCUT2D eigenvalue weighted by atomic mass is 9.85. The first-order valence-electron chi connectivity index (χ1n) is 6.64. The Morgan fingerprint density at radius 2 is 2.05 bits per heavy atom. The summed E-state index contributed by atoms with van der Waals surface area (Å²) >= 11 is 0. The molecule has 1 aromatic carbocycles. The monoisotopic (exact) mass is 264 g/mol. The standard InChI is InChI=1S/C14H20N2O3/c15-11-6-2-1-4-9(11)8-16-14(19)10-5-3-7-12(17)13(10)18/h3,5,7,9,11,17-18H,1-2,4,6,8,15H2,(H,16,19). The van der Waals surface area contributed by atoms with Crippen LogP contribution in [0.25, 0.3) is 0 Å². The fourth-order valence-electron chi connectivity index (χ4n) is 2.52. The van der Waals surface area contributed by atoms with E-state index in [1.54, 1.807) is 0 Å². The van der Waals surface area contributed by atoms with Crippen LogP contribution in [-0.4, -0.2) is 28.7 Å². The number of amides is 1. The summed E-state index contributed by atoms with van der Waals surface area (Å²) in [4.78, 5) is 11.9. The smallest absolute Gasteiger partial charge is 0.255 e. The lowest BCUT2D eigenvalue weighted by Gasteiger charge is -2.28. The Morgan fingerprint density at radius 1 is 1.32 bits per heavy atom. The van der Waals surface area contributed by atoms with Crippen LogP contribution in [0.2, 0.25) is 0 Å². The van der Waals surface area contributed by atoms with Crippen LogP contribution in [0, 0.1) is 5.92 Å². The molecule has 1 fully saturated rings. The van der Waals surface area contributed by atoms with Gasteiger partial charge in [0.2, 0.25) is 0 Å². The maximum Gasteiger partial charge on any atom is 0.255 e. The number of carbonyl (C=O) groups is 1. The SMILES string of the molecule is NC1CCCCC1CNC(=O)c1cccc(O)c1O. The minimum atomic E-state index is -0.383. The molecule has 0 heterocycles. The number of carbonyl (C=O) groups excluding carboxylic acids is 1. The molecular formula is C14H20N2O3. The Bertz CT molecular complexity index is 462. The molecule has 0 radical (unpaired) electrons. The first-order valence-corrected chi connectivity index (χ1v) is 6.64. The number of nitrogens with one attached hydrogen (secondary N) is 1. The van der Waals surface area contributed by atoms with Gasteiger partial charge in [0.1, 0.15) is 0 Å². The molecule has 0 aromatic heterocycles. The van der Waals surface area contributed by atoms with Gasteiger partial charge < -0.3 is 21.3 Å². The van der Waals surface area contributed by atoms with Crippen LogP contribution in [0.3, 0.4) is 0 Å². The van der Waals surface area contributed by atoms with Crippen LogP contribution in [0.1, 0.15) is 36.0 Å². The normalized spacial score (nSPS) is 23.0. The van der Waals surface area contributed by atoms with Crippen molar-refractivity contribution in [2.75, 3.05) is 6.54 Å². The van der Waals surface area contributed by atoms with Gasteiger partial charge in [-0.25, -0.2) is 0 Å². The predicted octanol–water partition coefficient (Wildman–Crippen LogP) is 1.35. The summed E-state index contributed by atoms with van der Waals surface area (Å²) in [6.07, 6.45) is 4.32. The zero-order chi connectivity index (χ0) is 13.8. The molecule has 1 aliphatic rings. The average Bonchev–Trinajstić information content (AvgIpc) is 2.40. The van der Waals surface area contributed by atoms with Crippen LogP contribution in [0.15, 0.2) is 18.2 Å². The topological polar surface area (TPSA) is 95.6 Å². The number of nitrogens with two attached hydrogens (primary N) is 1. The summed E-state index contributed by atoms with van der Waals surface area (Å²) in [6.45, 7) is 0.509. The highest BCUT2D eigenvalue weighted by Crippen LogP contribution is 2.28. The molecule has 1 aliphatic carbocycles. The van der Waals surface area contributed by atoms with E-state index in [0.29, 0.717) is 6.54 Å². The van der Waals surface area contributed by atoms with Gasteiger partial charge in [-0.3, -0.25) is 4.79 Å². The van der Waals surface area contributed by atoms with Gasteiger partial charge in [0, 0.05) is 12.6 Å². The van der Waals surface area contributed by atoms with E-state index in [1.165, 1.54) is 18.2 Å². The van der Waals surface area contributed by atoms with E-state index in [1.807, 2.05) is 0 Å². The zero-order valence-corrected chi connectivity index (χ0v) is 10.8. The van der Waals surface area contributed by atoms with Crippen LogP contribution < -0.4 is 11.1 Å². The highest BCUT2D eigenvalue weighted by atomic mass is 16.3. The number of para-hydroxylation sites is 1. The summed E-state index contributed by atoms with van der Waals surface area (Å²) in [5.74, 6) is -0.765. The average molecular weight is 264 g/mol. The Hall–Kier alpha value is -1.75. The fraction of sp³-hybridized carbons (Fsp3) is 0.500. The van der Waals surface area contributed by atoms with E-state index in [9.17, 15) is 15.0 Å². The third-order valence-corrected chi connectivity index (χ3v) is 3.75. The van der Waals surface area contributed by atoms with E-state index in [2.05, 4.69) is 5.32 Å². The second-order valence-corrected chi connectivity index (χ2v) is 5.09. The Balaban J connectivity index is 1.95. The molecule has 1 aromatic rings. The first kappa shape index (κ1) is 13.7. The molecule has 1 saturated carbocycles. The Morgan fingerprint density at radius 3 is 2.79 bits per heavy atom. The van der Waals surface area contributed by atoms with Crippen molar-refractivity contribution in [2.45, 2.75) is 31.7 Å². The largest absolute Gasteiger partial charge is 0.504 e. The quantitative estimate of drug-likeness (QED) is 0.620. The van der Waals surface area contributed by atoms with Crippen LogP contribution in [-0.2, 0) is 0 Å². The van der Waals surface area contributed by atoms with Crippen LogP contribution >= 0.6 is 0 Å². The summed E-state index contributed by atoms with van der Waals surface area (Å²) in [6, 6.07) is 4.47. The second-order valence-electron chi connectivity index (χ2n) is 5.09. The van der Waals surface area contributed by atoms with Gasteiger partial charge in [0.25, 0.3) is 5.91 Å². The lowest BCUT2D eigenvalue weighted by molar-refractivity contribution is 0.0938. The van der Waals surface area contributed by atoms with Crippen molar-refractivity contribution in [3.05, 3.63) is 23.8 Å². The van der Waals surface area contributed by atoms with Gasteiger partial charge in [0.15, 0.2) is 11.5 Å². The van der Waals surface area contributed by atoms with Crippen LogP contribution in [0.5, 0.6) is 11.5 Å². The van der Waals surface area contributed by atoms with Gasteiger partial charge in [-0.2, -0.15) is 0 Å². The summed E-state index contributed by atoms with van der Waals surface area (Å²) in [5, 5.41) is 21.8. The Labute approximate surface area is 112 Å². The van der Waals surface area contributed by atoms with Crippen molar-refractivity contribution in [3.63, 3.8) is 0 Å². The van der Waals surface area contributed by atoms with Crippen molar-refractivity contribution in [3.8, 4) is 11.5 Å². The van der Waals surface area contributed by atoms with Crippen molar-refractivity contribution in [1.82, 2.24) is 5.32 Å². The van der Waals surface area contributed by atoms with Crippen molar-refractivity contribution < 1.29 is 15.0 Å². The fourth-order valence-corrected chi connectivity index (χ4v) is 2.52.